The van der Waals surface area contributed by atoms with Gasteiger partial charge in [0.05, 0.1) is 23.6 Å². The maximum atomic E-state index is 13.5. The molecule has 2 heterocycles. The summed E-state index contributed by atoms with van der Waals surface area (Å²) in [4.78, 5) is 31.1. The molecule has 1 aliphatic carbocycles. The molecule has 2 aromatic heterocycles. The lowest BCUT2D eigenvalue weighted by Crippen LogP contribution is -2.25. The van der Waals surface area contributed by atoms with Crippen LogP contribution in [0.2, 0.25) is 0 Å². The fourth-order valence-electron chi connectivity index (χ4n) is 3.62. The van der Waals surface area contributed by atoms with Crippen LogP contribution in [-0.2, 0) is 27.0 Å². The smallest absolute Gasteiger partial charge is 0.434 e. The molecule has 0 saturated carbocycles. The van der Waals surface area contributed by atoms with Crippen LogP contribution in [0.5, 0.6) is 0 Å². The average molecular weight is 521 g/mol. The van der Waals surface area contributed by atoms with Gasteiger partial charge in [0.15, 0.2) is 5.69 Å². The summed E-state index contributed by atoms with van der Waals surface area (Å²) in [6.07, 6.45) is -2.12. The van der Waals surface area contributed by atoms with Crippen LogP contribution in [0, 0.1) is 12.3 Å². The maximum absolute atomic E-state index is 13.5. The van der Waals surface area contributed by atoms with Crippen LogP contribution in [0.1, 0.15) is 79.2 Å². The number of hydrogen-bond acceptors (Lipinski definition) is 8. The number of oxime groups is 2. The summed E-state index contributed by atoms with van der Waals surface area (Å²) in [7, 11) is 0. The normalized spacial score (nSPS) is 15.4. The third-order valence-corrected chi connectivity index (χ3v) is 5.57. The largest absolute Gasteiger partial charge is 0.462 e. The Bertz CT molecular complexity index is 1190. The Hall–Kier alpha value is -3.50. The zero-order valence-corrected chi connectivity index (χ0v) is 21.6. The van der Waals surface area contributed by atoms with Gasteiger partial charge in [-0.25, -0.2) is 9.78 Å². The number of carbonyl (C=O) groups is 1. The van der Waals surface area contributed by atoms with E-state index in [1.54, 1.807) is 0 Å². The Labute approximate surface area is 213 Å². The van der Waals surface area contributed by atoms with Crippen molar-refractivity contribution in [1.29, 1.82) is 0 Å². The minimum atomic E-state index is -4.84. The van der Waals surface area contributed by atoms with Crippen molar-refractivity contribution < 1.29 is 32.4 Å². The molecule has 0 aliphatic heterocycles. The summed E-state index contributed by atoms with van der Waals surface area (Å²) in [5, 5.41) is 8.24. The van der Waals surface area contributed by atoms with Crippen molar-refractivity contribution in [3.8, 4) is 0 Å². The summed E-state index contributed by atoms with van der Waals surface area (Å²) >= 11 is 0. The van der Waals surface area contributed by atoms with Gasteiger partial charge in [-0.15, -0.1) is 0 Å². The second kappa shape index (κ2) is 11.7. The third kappa shape index (κ3) is 7.50. The number of aromatic nitrogens is 2. The molecule has 37 heavy (non-hydrogen) atoms. The molecule has 0 fully saturated rings. The number of fused-ring (bicyclic) bond motifs is 1. The van der Waals surface area contributed by atoms with E-state index in [2.05, 4.69) is 26.3 Å². The van der Waals surface area contributed by atoms with E-state index >= 15 is 0 Å². The van der Waals surface area contributed by atoms with Gasteiger partial charge in [0.1, 0.15) is 24.6 Å². The molecule has 0 amide bonds. The summed E-state index contributed by atoms with van der Waals surface area (Å²) in [5.74, 6) is -1.09. The molecule has 11 heteroatoms. The number of nitrogens with zero attached hydrogens (tertiary/aromatic N) is 4. The number of ether oxygens (including phenoxy) is 1. The molecule has 0 bridgehead atoms. The lowest BCUT2D eigenvalue weighted by Gasteiger charge is -2.22. The molecule has 3 rings (SSSR count). The second-order valence-corrected chi connectivity index (χ2v) is 9.55. The number of hydrogen-bond donors (Lipinski definition) is 0. The van der Waals surface area contributed by atoms with Crippen LogP contribution < -0.4 is 0 Å². The van der Waals surface area contributed by atoms with Crippen molar-refractivity contribution in [2.45, 2.75) is 60.1 Å². The molecule has 200 valence electrons. The van der Waals surface area contributed by atoms with Gasteiger partial charge in [-0.1, -0.05) is 30.2 Å². The highest BCUT2D eigenvalue weighted by Crippen LogP contribution is 2.31. The van der Waals surface area contributed by atoms with E-state index in [9.17, 15) is 18.0 Å². The number of esters is 1. The Kier molecular flexibility index (Phi) is 8.88. The molecule has 1 aliphatic rings. The van der Waals surface area contributed by atoms with E-state index in [4.69, 9.17) is 14.4 Å². The first-order valence-corrected chi connectivity index (χ1v) is 12.0. The molecule has 0 radical (unpaired) electrons. The molecule has 0 spiro atoms. The zero-order chi connectivity index (χ0) is 27.2. The summed E-state index contributed by atoms with van der Waals surface area (Å²) in [6, 6.07) is 6.35. The lowest BCUT2D eigenvalue weighted by molar-refractivity contribution is -0.141. The summed E-state index contributed by atoms with van der Waals surface area (Å²) in [5.41, 5.74) is 1.33. The standard InChI is InChI=1S/C26H31F3N4O4/c1-6-35-24(34)19-12-13-20(31-23(19)26(27,28)29)17(3)32-36-14-25(4,5)15-37-33-21-9-7-8-18-11-10-16(2)30-22(18)21/h10-13H,6-9,14-15H2,1-5H3. The summed E-state index contributed by atoms with van der Waals surface area (Å²) < 4.78 is 45.2. The monoisotopic (exact) mass is 520 g/mol. The van der Waals surface area contributed by atoms with E-state index in [-0.39, 0.29) is 31.2 Å². The van der Waals surface area contributed by atoms with Crippen LogP contribution in [0.15, 0.2) is 34.6 Å². The quantitative estimate of drug-likeness (QED) is 0.246. The van der Waals surface area contributed by atoms with Crippen molar-refractivity contribution in [2.24, 2.45) is 15.7 Å². The van der Waals surface area contributed by atoms with Crippen molar-refractivity contribution in [2.75, 3.05) is 19.8 Å². The average Bonchev–Trinajstić information content (AvgIpc) is 2.83. The topological polar surface area (TPSA) is 95.3 Å². The molecule has 0 atom stereocenters. The van der Waals surface area contributed by atoms with Gasteiger partial charge in [0, 0.05) is 11.1 Å². The van der Waals surface area contributed by atoms with E-state index in [0.717, 1.165) is 48.0 Å². The Morgan fingerprint density at radius 1 is 1.05 bits per heavy atom. The fourth-order valence-corrected chi connectivity index (χ4v) is 3.62. The van der Waals surface area contributed by atoms with Gasteiger partial charge in [0.2, 0.25) is 0 Å². The maximum Gasteiger partial charge on any atom is 0.434 e. The predicted molar refractivity (Wildman–Crippen MR) is 132 cm³/mol. The van der Waals surface area contributed by atoms with Gasteiger partial charge in [-0.2, -0.15) is 13.2 Å². The van der Waals surface area contributed by atoms with Gasteiger partial charge >= 0.3 is 12.1 Å². The highest BCUT2D eigenvalue weighted by Gasteiger charge is 2.38. The number of carbonyl (C=O) groups excluding carboxylic acids is 1. The number of pyridine rings is 2. The first-order valence-electron chi connectivity index (χ1n) is 12.0. The third-order valence-electron chi connectivity index (χ3n) is 5.57. The van der Waals surface area contributed by atoms with Crippen LogP contribution in [0.3, 0.4) is 0 Å². The molecular weight excluding hydrogens is 489 g/mol. The van der Waals surface area contributed by atoms with Gasteiger partial charge in [-0.05, 0) is 63.8 Å². The Morgan fingerprint density at radius 2 is 1.78 bits per heavy atom. The predicted octanol–water partition coefficient (Wildman–Crippen LogP) is 5.50. The van der Waals surface area contributed by atoms with Crippen molar-refractivity contribution in [3.63, 3.8) is 0 Å². The van der Waals surface area contributed by atoms with Gasteiger partial charge in [-0.3, -0.25) is 4.98 Å². The molecule has 0 saturated heterocycles. The molecular formula is C26H31F3N4O4. The molecule has 0 aromatic carbocycles. The van der Waals surface area contributed by atoms with Crippen molar-refractivity contribution in [3.05, 3.63) is 58.2 Å². The van der Waals surface area contributed by atoms with Crippen LogP contribution >= 0.6 is 0 Å². The highest BCUT2D eigenvalue weighted by atomic mass is 19.4. The minimum absolute atomic E-state index is 0.0534. The van der Waals surface area contributed by atoms with E-state index in [1.165, 1.54) is 19.9 Å². The summed E-state index contributed by atoms with van der Waals surface area (Å²) in [6.45, 7) is 9.00. The first-order chi connectivity index (χ1) is 17.4. The minimum Gasteiger partial charge on any atom is -0.462 e. The fraction of sp³-hybridized carbons (Fsp3) is 0.500. The Morgan fingerprint density at radius 3 is 2.49 bits per heavy atom. The number of aryl methyl sites for hydroxylation is 2. The number of rotatable bonds is 9. The van der Waals surface area contributed by atoms with Crippen molar-refractivity contribution >= 4 is 17.4 Å². The number of alkyl halides is 3. The van der Waals surface area contributed by atoms with Crippen LogP contribution in [-0.4, -0.2) is 47.2 Å². The van der Waals surface area contributed by atoms with Crippen LogP contribution in [0.25, 0.3) is 0 Å². The SMILES string of the molecule is CCOC(=O)c1ccc(C(C)=NOCC(C)(C)CON=C2CCCc3ccc(C)nc32)nc1C(F)(F)F. The molecule has 0 unspecified atom stereocenters. The molecule has 0 N–H and O–H groups in total. The van der Waals surface area contributed by atoms with Crippen LogP contribution in [0.4, 0.5) is 13.2 Å². The van der Waals surface area contributed by atoms with Gasteiger partial charge < -0.3 is 14.4 Å². The Balaban J connectivity index is 1.63. The molecule has 8 nitrogen and oxygen atoms in total. The number of halogens is 3. The first kappa shape index (κ1) is 28.1. The van der Waals surface area contributed by atoms with E-state index in [0.29, 0.717) is 0 Å². The van der Waals surface area contributed by atoms with E-state index in [1.807, 2.05) is 26.8 Å². The molecule has 2 aromatic rings. The zero-order valence-electron chi connectivity index (χ0n) is 21.6. The van der Waals surface area contributed by atoms with Gasteiger partial charge in [0.25, 0.3) is 0 Å². The van der Waals surface area contributed by atoms with Crippen molar-refractivity contribution in [1.82, 2.24) is 9.97 Å². The lowest BCUT2D eigenvalue weighted by atomic mass is 9.94. The second-order valence-electron chi connectivity index (χ2n) is 9.55. The van der Waals surface area contributed by atoms with E-state index < -0.39 is 28.8 Å². The highest BCUT2D eigenvalue weighted by molar-refractivity contribution is 6.00.